The van der Waals surface area contributed by atoms with Gasteiger partial charge < -0.3 is 19.8 Å². The fourth-order valence-corrected chi connectivity index (χ4v) is 1.83. The van der Waals surface area contributed by atoms with Crippen LogP contribution in [-0.4, -0.2) is 11.9 Å². The Hall–Kier alpha value is -2.36. The molecule has 0 unspecified atom stereocenters. The van der Waals surface area contributed by atoms with Gasteiger partial charge in [0.25, 0.3) is 0 Å². The number of aromatic carboxylic acids is 2. The van der Waals surface area contributed by atoms with Crippen LogP contribution in [0.3, 0.4) is 0 Å². The molecule has 1 aromatic carbocycles. The third-order valence-corrected chi connectivity index (χ3v) is 2.57. The Kier molecular flexibility index (Phi) is 4.43. The van der Waals surface area contributed by atoms with Crippen molar-refractivity contribution in [3.63, 3.8) is 0 Å². The first-order chi connectivity index (χ1) is 8.52. The predicted octanol–water partition coefficient (Wildman–Crippen LogP) is -0.129. The molecular weight excluding hydrogens is 232 g/mol. The summed E-state index contributed by atoms with van der Waals surface area (Å²) in [6.07, 6.45) is 3.50. The highest BCUT2D eigenvalue weighted by molar-refractivity contribution is 5.93. The molecule has 0 amide bonds. The molecule has 1 aromatic rings. The molecule has 0 radical (unpaired) electrons. The van der Waals surface area contributed by atoms with Crippen LogP contribution in [0.2, 0.25) is 0 Å². The van der Waals surface area contributed by atoms with Crippen molar-refractivity contribution in [1.29, 1.82) is 0 Å². The lowest BCUT2D eigenvalue weighted by Gasteiger charge is -2.18. The second kappa shape index (κ2) is 5.82. The quantitative estimate of drug-likeness (QED) is 0.653. The summed E-state index contributed by atoms with van der Waals surface area (Å²) in [7, 11) is 0. The van der Waals surface area contributed by atoms with Gasteiger partial charge in [-0.05, 0) is 24.0 Å². The lowest BCUT2D eigenvalue weighted by atomic mass is 9.91. The Labute approximate surface area is 105 Å². The van der Waals surface area contributed by atoms with Crippen molar-refractivity contribution >= 4 is 11.9 Å². The molecule has 4 nitrogen and oxygen atoms in total. The van der Waals surface area contributed by atoms with Crippen LogP contribution in [0.15, 0.2) is 37.4 Å². The maximum atomic E-state index is 11.0. The topological polar surface area (TPSA) is 80.3 Å². The highest BCUT2D eigenvalue weighted by atomic mass is 16.4. The van der Waals surface area contributed by atoms with Gasteiger partial charge >= 0.3 is 0 Å². The zero-order valence-corrected chi connectivity index (χ0v) is 9.77. The molecule has 0 N–H and O–H groups in total. The summed E-state index contributed by atoms with van der Waals surface area (Å²) in [5, 5.41) is 22.0. The molecule has 0 aromatic heterocycles. The minimum atomic E-state index is -1.35. The summed E-state index contributed by atoms with van der Waals surface area (Å²) in [4.78, 5) is 22.0. The molecular formula is C14H12O4-2. The van der Waals surface area contributed by atoms with Gasteiger partial charge in [0.1, 0.15) is 0 Å². The molecule has 0 atom stereocenters. The summed E-state index contributed by atoms with van der Waals surface area (Å²) < 4.78 is 0. The third-order valence-electron chi connectivity index (χ3n) is 2.57. The second-order valence-electron chi connectivity index (χ2n) is 3.68. The number of benzene rings is 1. The maximum absolute atomic E-state index is 11.0. The summed E-state index contributed by atoms with van der Waals surface area (Å²) in [6.45, 7) is 7.06. The fraction of sp³-hybridized carbons (Fsp3) is 0.143. The smallest absolute Gasteiger partial charge is 0.0718 e. The van der Waals surface area contributed by atoms with E-state index in [1.54, 1.807) is 0 Å². The van der Waals surface area contributed by atoms with Crippen LogP contribution in [0.25, 0.3) is 0 Å². The van der Waals surface area contributed by atoms with Crippen molar-refractivity contribution in [2.45, 2.75) is 12.8 Å². The molecule has 0 aliphatic carbocycles. The number of carbonyl (C=O) groups excluding carboxylic acids is 2. The number of rotatable bonds is 6. The number of hydrogen-bond donors (Lipinski definition) is 0. The van der Waals surface area contributed by atoms with Crippen LogP contribution < -0.4 is 10.2 Å². The van der Waals surface area contributed by atoms with Gasteiger partial charge in [0, 0.05) is 11.1 Å². The predicted molar refractivity (Wildman–Crippen MR) is 62.9 cm³/mol. The fourth-order valence-electron chi connectivity index (χ4n) is 1.83. The van der Waals surface area contributed by atoms with E-state index < -0.39 is 11.9 Å². The van der Waals surface area contributed by atoms with Crippen LogP contribution in [0.5, 0.6) is 0 Å². The molecule has 0 saturated heterocycles. The molecule has 0 heterocycles. The van der Waals surface area contributed by atoms with Gasteiger partial charge in [-0.1, -0.05) is 24.3 Å². The standard InChI is InChI=1S/C14H14O4/c1-3-5-9-10(6-4-2)12(14(17)18)8-7-11(9)13(15)16/h3-4,7-8H,1-2,5-6H2,(H,15,16)(H,17,18)/p-2. The molecule has 4 heteroatoms. The molecule has 0 fully saturated rings. The van der Waals surface area contributed by atoms with Gasteiger partial charge in [-0.3, -0.25) is 0 Å². The second-order valence-corrected chi connectivity index (χ2v) is 3.68. The van der Waals surface area contributed by atoms with Gasteiger partial charge in [0.05, 0.1) is 11.9 Å². The summed E-state index contributed by atoms with van der Waals surface area (Å²) in [5.41, 5.74) is 0.701. The van der Waals surface area contributed by atoms with E-state index in [0.717, 1.165) is 0 Å². The first kappa shape index (κ1) is 13.7. The monoisotopic (exact) mass is 244 g/mol. The summed E-state index contributed by atoms with van der Waals surface area (Å²) >= 11 is 0. The Balaban J connectivity index is 3.57. The van der Waals surface area contributed by atoms with E-state index in [4.69, 9.17) is 0 Å². The van der Waals surface area contributed by atoms with Crippen molar-refractivity contribution in [3.8, 4) is 0 Å². The molecule has 0 bridgehead atoms. The average molecular weight is 244 g/mol. The van der Waals surface area contributed by atoms with Crippen LogP contribution in [0, 0.1) is 0 Å². The highest BCUT2D eigenvalue weighted by Gasteiger charge is 2.12. The van der Waals surface area contributed by atoms with Gasteiger partial charge in [-0.15, -0.1) is 13.2 Å². The molecule has 1 rings (SSSR count). The molecule has 94 valence electrons. The van der Waals surface area contributed by atoms with E-state index in [2.05, 4.69) is 13.2 Å². The lowest BCUT2D eigenvalue weighted by Crippen LogP contribution is -2.28. The van der Waals surface area contributed by atoms with E-state index in [-0.39, 0.29) is 24.0 Å². The highest BCUT2D eigenvalue weighted by Crippen LogP contribution is 2.21. The average Bonchev–Trinajstić information content (AvgIpc) is 2.30. The van der Waals surface area contributed by atoms with Crippen molar-refractivity contribution in [3.05, 3.63) is 59.7 Å². The van der Waals surface area contributed by atoms with Crippen molar-refractivity contribution in [1.82, 2.24) is 0 Å². The number of hydrogen-bond acceptors (Lipinski definition) is 4. The Morgan fingerprint density at radius 1 is 0.944 bits per heavy atom. The van der Waals surface area contributed by atoms with E-state index in [0.29, 0.717) is 11.1 Å². The van der Waals surface area contributed by atoms with Gasteiger partial charge in [0.15, 0.2) is 0 Å². The Morgan fingerprint density at radius 2 is 1.28 bits per heavy atom. The normalized spacial score (nSPS) is 9.78. The number of carboxylic acids is 2. The zero-order valence-electron chi connectivity index (χ0n) is 9.77. The maximum Gasteiger partial charge on any atom is 0.0718 e. The van der Waals surface area contributed by atoms with E-state index >= 15 is 0 Å². The van der Waals surface area contributed by atoms with E-state index in [1.165, 1.54) is 24.3 Å². The van der Waals surface area contributed by atoms with Crippen LogP contribution in [0.1, 0.15) is 31.8 Å². The summed E-state index contributed by atoms with van der Waals surface area (Å²) in [5.74, 6) is -2.69. The number of allylic oxidation sites excluding steroid dienone is 2. The van der Waals surface area contributed by atoms with Crippen LogP contribution in [0.4, 0.5) is 0 Å². The number of carbonyl (C=O) groups is 2. The molecule has 18 heavy (non-hydrogen) atoms. The third kappa shape index (κ3) is 2.66. The first-order valence-electron chi connectivity index (χ1n) is 5.32. The van der Waals surface area contributed by atoms with E-state index in [9.17, 15) is 19.8 Å². The molecule has 0 saturated carbocycles. The largest absolute Gasteiger partial charge is 0.545 e. The minimum Gasteiger partial charge on any atom is -0.545 e. The van der Waals surface area contributed by atoms with Crippen LogP contribution in [-0.2, 0) is 12.8 Å². The molecule has 0 aliphatic rings. The first-order valence-corrected chi connectivity index (χ1v) is 5.32. The van der Waals surface area contributed by atoms with Gasteiger partial charge in [-0.25, -0.2) is 0 Å². The van der Waals surface area contributed by atoms with Gasteiger partial charge in [0.2, 0.25) is 0 Å². The number of carboxylic acid groups (broad SMARTS) is 2. The Morgan fingerprint density at radius 3 is 1.50 bits per heavy atom. The van der Waals surface area contributed by atoms with Crippen LogP contribution >= 0.6 is 0 Å². The molecule has 0 spiro atoms. The van der Waals surface area contributed by atoms with Crippen molar-refractivity contribution < 1.29 is 19.8 Å². The molecule has 0 aliphatic heterocycles. The summed E-state index contributed by atoms with van der Waals surface area (Å²) in [6, 6.07) is 2.43. The SMILES string of the molecule is C=CCc1c(C(=O)[O-])ccc(C(=O)[O-])c1CC=C. The van der Waals surface area contributed by atoms with Crippen molar-refractivity contribution in [2.75, 3.05) is 0 Å². The lowest BCUT2D eigenvalue weighted by molar-refractivity contribution is -0.256. The minimum absolute atomic E-state index is 0.0308. The zero-order chi connectivity index (χ0) is 13.7. The van der Waals surface area contributed by atoms with E-state index in [1.807, 2.05) is 0 Å². The van der Waals surface area contributed by atoms with Crippen molar-refractivity contribution in [2.24, 2.45) is 0 Å². The Bertz CT molecular complexity index is 468. The van der Waals surface area contributed by atoms with Gasteiger partial charge in [-0.2, -0.15) is 0 Å².